The van der Waals surface area contributed by atoms with Crippen LogP contribution in [-0.4, -0.2) is 61.2 Å². The molecule has 1 aromatic carbocycles. The molecule has 3 rings (SSSR count). The first-order chi connectivity index (χ1) is 12.2. The fourth-order valence-corrected chi connectivity index (χ4v) is 4.36. The molecular weight excluding hydrogens is 306 g/mol. The number of benzene rings is 1. The van der Waals surface area contributed by atoms with Crippen molar-refractivity contribution in [1.29, 1.82) is 0 Å². The fraction of sp³-hybridized carbons (Fsp3) is 0.727. The molecule has 2 saturated heterocycles. The summed E-state index contributed by atoms with van der Waals surface area (Å²) < 4.78 is 0. The van der Waals surface area contributed by atoms with Crippen molar-refractivity contribution in [3.05, 3.63) is 35.9 Å². The minimum Gasteiger partial charge on any atom is -0.314 e. The zero-order chi connectivity index (χ0) is 17.5. The standard InChI is InChI=1S/C22H37N3/c1-19(2)25-13-6-9-21(18-25)17-23-22-11-15-24(16-12-22)14-10-20-7-4-3-5-8-20/h3-5,7-8,19,21-23H,6,9-18H2,1-2H3. The van der Waals surface area contributed by atoms with Gasteiger partial charge < -0.3 is 15.1 Å². The van der Waals surface area contributed by atoms with Gasteiger partial charge in [-0.1, -0.05) is 30.3 Å². The Balaban J connectivity index is 1.31. The van der Waals surface area contributed by atoms with Crippen LogP contribution in [0, 0.1) is 5.92 Å². The number of likely N-dealkylation sites (tertiary alicyclic amines) is 2. The molecule has 140 valence electrons. The van der Waals surface area contributed by atoms with Gasteiger partial charge >= 0.3 is 0 Å². The first-order valence-corrected chi connectivity index (χ1v) is 10.4. The maximum absolute atomic E-state index is 3.89. The van der Waals surface area contributed by atoms with Crippen LogP contribution in [0.15, 0.2) is 30.3 Å². The van der Waals surface area contributed by atoms with Crippen LogP contribution in [0.25, 0.3) is 0 Å². The van der Waals surface area contributed by atoms with Crippen LogP contribution in [0.3, 0.4) is 0 Å². The van der Waals surface area contributed by atoms with Crippen LogP contribution in [0.1, 0.15) is 45.1 Å². The zero-order valence-electron chi connectivity index (χ0n) is 16.3. The van der Waals surface area contributed by atoms with E-state index in [-0.39, 0.29) is 0 Å². The minimum absolute atomic E-state index is 0.704. The van der Waals surface area contributed by atoms with Gasteiger partial charge in [0.15, 0.2) is 0 Å². The molecule has 2 aliphatic heterocycles. The molecule has 1 N–H and O–H groups in total. The van der Waals surface area contributed by atoms with Crippen LogP contribution < -0.4 is 5.32 Å². The van der Waals surface area contributed by atoms with Crippen LogP contribution in [0.2, 0.25) is 0 Å². The van der Waals surface area contributed by atoms with Crippen LogP contribution in [0.5, 0.6) is 0 Å². The molecule has 25 heavy (non-hydrogen) atoms. The Morgan fingerprint density at radius 2 is 1.80 bits per heavy atom. The first kappa shape index (κ1) is 18.9. The summed E-state index contributed by atoms with van der Waals surface area (Å²) in [7, 11) is 0. The monoisotopic (exact) mass is 343 g/mol. The molecule has 1 atom stereocenters. The van der Waals surface area contributed by atoms with E-state index in [2.05, 4.69) is 59.3 Å². The lowest BCUT2D eigenvalue weighted by Crippen LogP contribution is -2.47. The van der Waals surface area contributed by atoms with E-state index in [1.165, 1.54) is 76.9 Å². The van der Waals surface area contributed by atoms with Gasteiger partial charge in [0.2, 0.25) is 0 Å². The summed E-state index contributed by atoms with van der Waals surface area (Å²) in [5.41, 5.74) is 1.47. The largest absolute Gasteiger partial charge is 0.314 e. The Hall–Kier alpha value is -0.900. The lowest BCUT2D eigenvalue weighted by molar-refractivity contribution is 0.132. The topological polar surface area (TPSA) is 18.5 Å². The Kier molecular flexibility index (Phi) is 7.33. The SMILES string of the molecule is CC(C)N1CCCC(CNC2CCN(CCc3ccccc3)CC2)C1. The van der Waals surface area contributed by atoms with Crippen molar-refractivity contribution in [3.63, 3.8) is 0 Å². The second kappa shape index (κ2) is 9.70. The highest BCUT2D eigenvalue weighted by atomic mass is 15.2. The van der Waals surface area contributed by atoms with Crippen molar-refractivity contribution in [2.75, 3.05) is 39.3 Å². The quantitative estimate of drug-likeness (QED) is 0.818. The normalized spacial score (nSPS) is 24.0. The van der Waals surface area contributed by atoms with E-state index in [0.29, 0.717) is 6.04 Å². The summed E-state index contributed by atoms with van der Waals surface area (Å²) in [6.45, 7) is 12.2. The second-order valence-electron chi connectivity index (χ2n) is 8.36. The van der Waals surface area contributed by atoms with E-state index < -0.39 is 0 Å². The summed E-state index contributed by atoms with van der Waals surface area (Å²) in [4.78, 5) is 5.30. The van der Waals surface area contributed by atoms with Gasteiger partial charge in [-0.2, -0.15) is 0 Å². The maximum atomic E-state index is 3.89. The number of piperidine rings is 2. The Bertz CT molecular complexity index is 479. The molecule has 0 aliphatic carbocycles. The predicted octanol–water partition coefficient (Wildman–Crippen LogP) is 3.40. The highest BCUT2D eigenvalue weighted by Crippen LogP contribution is 2.19. The Labute approximate surface area is 154 Å². The predicted molar refractivity (Wildman–Crippen MR) is 107 cm³/mol. The van der Waals surface area contributed by atoms with Gasteiger partial charge in [-0.15, -0.1) is 0 Å². The second-order valence-corrected chi connectivity index (χ2v) is 8.36. The molecule has 2 aliphatic rings. The third-order valence-electron chi connectivity index (χ3n) is 6.12. The van der Waals surface area contributed by atoms with Crippen molar-refractivity contribution in [2.45, 2.75) is 58.0 Å². The highest BCUT2D eigenvalue weighted by molar-refractivity contribution is 5.14. The molecule has 0 amide bonds. The van der Waals surface area contributed by atoms with Gasteiger partial charge in [-0.25, -0.2) is 0 Å². The average molecular weight is 344 g/mol. The van der Waals surface area contributed by atoms with Crippen LogP contribution in [0.4, 0.5) is 0 Å². The van der Waals surface area contributed by atoms with Gasteiger partial charge in [0.25, 0.3) is 0 Å². The molecule has 2 heterocycles. The Morgan fingerprint density at radius 3 is 2.52 bits per heavy atom. The van der Waals surface area contributed by atoms with Gasteiger partial charge in [-0.3, -0.25) is 0 Å². The third kappa shape index (κ3) is 6.09. The third-order valence-corrected chi connectivity index (χ3v) is 6.12. The van der Waals surface area contributed by atoms with E-state index in [9.17, 15) is 0 Å². The van der Waals surface area contributed by atoms with E-state index >= 15 is 0 Å². The lowest BCUT2D eigenvalue weighted by atomic mass is 9.95. The number of nitrogens with one attached hydrogen (secondary N) is 1. The van der Waals surface area contributed by atoms with Crippen molar-refractivity contribution < 1.29 is 0 Å². The van der Waals surface area contributed by atoms with Crippen molar-refractivity contribution in [2.24, 2.45) is 5.92 Å². The van der Waals surface area contributed by atoms with Gasteiger partial charge in [0.1, 0.15) is 0 Å². The zero-order valence-corrected chi connectivity index (χ0v) is 16.3. The van der Waals surface area contributed by atoms with Crippen molar-refractivity contribution >= 4 is 0 Å². The average Bonchev–Trinajstić information content (AvgIpc) is 2.66. The molecule has 0 radical (unpaired) electrons. The number of hydrogen-bond acceptors (Lipinski definition) is 3. The summed E-state index contributed by atoms with van der Waals surface area (Å²) in [6, 6.07) is 12.3. The molecule has 1 unspecified atom stereocenters. The number of nitrogens with zero attached hydrogens (tertiary/aromatic N) is 2. The van der Waals surface area contributed by atoms with Crippen molar-refractivity contribution in [1.82, 2.24) is 15.1 Å². The molecule has 3 heteroatoms. The summed E-state index contributed by atoms with van der Waals surface area (Å²) in [5.74, 6) is 0.854. The highest BCUT2D eigenvalue weighted by Gasteiger charge is 2.23. The molecular formula is C22H37N3. The van der Waals surface area contributed by atoms with Crippen LogP contribution in [-0.2, 0) is 6.42 Å². The number of rotatable bonds is 7. The summed E-state index contributed by atoms with van der Waals surface area (Å²) >= 11 is 0. The summed E-state index contributed by atoms with van der Waals surface area (Å²) in [6.07, 6.45) is 6.60. The maximum Gasteiger partial charge on any atom is 0.00915 e. The minimum atomic E-state index is 0.704. The van der Waals surface area contributed by atoms with Crippen LogP contribution >= 0.6 is 0 Å². The summed E-state index contributed by atoms with van der Waals surface area (Å²) in [5, 5.41) is 3.89. The molecule has 0 bridgehead atoms. The molecule has 0 spiro atoms. The van der Waals surface area contributed by atoms with E-state index in [0.717, 1.165) is 12.0 Å². The van der Waals surface area contributed by atoms with Gasteiger partial charge in [0, 0.05) is 25.2 Å². The van der Waals surface area contributed by atoms with E-state index in [1.54, 1.807) is 0 Å². The molecule has 3 nitrogen and oxygen atoms in total. The molecule has 1 aromatic rings. The van der Waals surface area contributed by atoms with Gasteiger partial charge in [-0.05, 0) is 83.6 Å². The smallest absolute Gasteiger partial charge is 0.00915 e. The molecule has 0 aromatic heterocycles. The van der Waals surface area contributed by atoms with E-state index in [4.69, 9.17) is 0 Å². The molecule has 0 saturated carbocycles. The fourth-order valence-electron chi connectivity index (χ4n) is 4.36. The van der Waals surface area contributed by atoms with Gasteiger partial charge in [0.05, 0.1) is 0 Å². The van der Waals surface area contributed by atoms with Crippen molar-refractivity contribution in [3.8, 4) is 0 Å². The lowest BCUT2D eigenvalue weighted by Gasteiger charge is -2.37. The first-order valence-electron chi connectivity index (χ1n) is 10.4. The number of hydrogen-bond donors (Lipinski definition) is 1. The van der Waals surface area contributed by atoms with E-state index in [1.807, 2.05) is 0 Å². The molecule has 2 fully saturated rings. The Morgan fingerprint density at radius 1 is 1.04 bits per heavy atom.